The average Bonchev–Trinajstić information content (AvgIpc) is 2.19. The summed E-state index contributed by atoms with van der Waals surface area (Å²) in [4.78, 5) is 0. The van der Waals surface area contributed by atoms with Crippen LogP contribution in [0.4, 0.5) is 0 Å². The third-order valence-electron chi connectivity index (χ3n) is 2.00. The summed E-state index contributed by atoms with van der Waals surface area (Å²) in [5.41, 5.74) is 0.959. The highest BCUT2D eigenvalue weighted by Crippen LogP contribution is 2.29. The van der Waals surface area contributed by atoms with Crippen LogP contribution >= 0.6 is 15.9 Å². The van der Waals surface area contributed by atoms with Crippen molar-refractivity contribution in [1.29, 1.82) is 0 Å². The molecule has 1 N–H and O–H groups in total. The third-order valence-corrected chi connectivity index (χ3v) is 2.49. The molecule has 0 unspecified atom stereocenters. The molecule has 0 heterocycles. The molecule has 83 valence electrons. The van der Waals surface area contributed by atoms with Crippen molar-refractivity contribution in [3.8, 4) is 5.75 Å². The summed E-state index contributed by atoms with van der Waals surface area (Å²) >= 11 is 3.41. The average molecular weight is 272 g/mol. The Balaban J connectivity index is 3.02. The number of aliphatic hydroxyl groups is 1. The van der Waals surface area contributed by atoms with Crippen molar-refractivity contribution in [1.82, 2.24) is 0 Å². The van der Waals surface area contributed by atoms with Crippen LogP contribution in [0.1, 0.15) is 26.3 Å². The lowest BCUT2D eigenvalue weighted by Crippen LogP contribution is -2.10. The summed E-state index contributed by atoms with van der Waals surface area (Å²) in [7, 11) is 0. The predicted octanol–water partition coefficient (Wildman–Crippen LogP) is 3.17. The summed E-state index contributed by atoms with van der Waals surface area (Å²) in [5.74, 6) is 1.73. The van der Waals surface area contributed by atoms with E-state index in [2.05, 4.69) is 15.9 Å². The van der Waals surface area contributed by atoms with Crippen LogP contribution in [0.5, 0.6) is 5.75 Å². The van der Waals surface area contributed by atoms with E-state index in [0.29, 0.717) is 0 Å². The van der Waals surface area contributed by atoms with E-state index in [9.17, 15) is 0 Å². The zero-order valence-corrected chi connectivity index (χ0v) is 10.8. The van der Waals surface area contributed by atoms with Gasteiger partial charge in [0.25, 0.3) is 0 Å². The summed E-state index contributed by atoms with van der Waals surface area (Å²) < 4.78 is 6.66. The largest absolute Gasteiger partial charge is 0.491 e. The number of aliphatic hydroxyl groups excluding tert-OH is 1. The lowest BCUT2D eigenvalue weighted by molar-refractivity contribution is 0.238. The second kappa shape index (κ2) is 5.52. The van der Waals surface area contributed by atoms with Crippen LogP contribution in [0.15, 0.2) is 22.7 Å². The fraction of sp³-hybridized carbons (Fsp3) is 0.417. The third kappa shape index (κ3) is 3.50. The summed E-state index contributed by atoms with van der Waals surface area (Å²) in [6.07, 6.45) is 0.136. The first kappa shape index (κ1) is 12.5. The van der Waals surface area contributed by atoms with Crippen molar-refractivity contribution in [3.05, 3.63) is 34.2 Å². The maximum atomic E-state index is 9.13. The first-order valence-corrected chi connectivity index (χ1v) is 5.73. The smallest absolute Gasteiger partial charge is 0.123 e. The van der Waals surface area contributed by atoms with Gasteiger partial charge in [0, 0.05) is 16.0 Å². The van der Waals surface area contributed by atoms with Crippen molar-refractivity contribution in [3.63, 3.8) is 0 Å². The monoisotopic (exact) mass is 271 g/mol. The maximum absolute atomic E-state index is 9.13. The molecule has 0 saturated carbocycles. The van der Waals surface area contributed by atoms with Gasteiger partial charge in [-0.25, -0.2) is 0 Å². The van der Waals surface area contributed by atoms with Gasteiger partial charge >= 0.3 is 0 Å². The molecule has 3 heteroatoms. The van der Waals surface area contributed by atoms with Crippen LogP contribution < -0.4 is 4.74 Å². The van der Waals surface area contributed by atoms with Crippen LogP contribution in [-0.4, -0.2) is 17.8 Å². The molecule has 0 aliphatic carbocycles. The Morgan fingerprint density at radius 1 is 1.47 bits per heavy atom. The highest BCUT2D eigenvalue weighted by Gasteiger charge is 2.13. The van der Waals surface area contributed by atoms with E-state index >= 15 is 0 Å². The van der Waals surface area contributed by atoms with Gasteiger partial charge in [-0.2, -0.15) is 0 Å². The number of ether oxygens (including phenoxy) is 1. The summed E-state index contributed by atoms with van der Waals surface area (Å²) in [5, 5.41) is 9.13. The normalized spacial score (nSPS) is 11.1. The van der Waals surface area contributed by atoms with E-state index in [-0.39, 0.29) is 12.7 Å². The standard InChI is InChI=1S/C12H16BrO2/c1-8(2)15-12-5-4-10(13)6-11(12)9(3)7-14/h4-6,8,14H,7H2,1-3H3. The minimum absolute atomic E-state index is 0.0465. The van der Waals surface area contributed by atoms with Gasteiger partial charge in [0.05, 0.1) is 12.7 Å². The predicted molar refractivity (Wildman–Crippen MR) is 65.0 cm³/mol. The fourth-order valence-corrected chi connectivity index (χ4v) is 1.64. The van der Waals surface area contributed by atoms with E-state index in [4.69, 9.17) is 9.84 Å². The Kier molecular flexibility index (Phi) is 4.61. The molecule has 0 fully saturated rings. The van der Waals surface area contributed by atoms with Gasteiger partial charge in [-0.15, -0.1) is 0 Å². The Morgan fingerprint density at radius 2 is 2.13 bits per heavy atom. The van der Waals surface area contributed by atoms with Crippen LogP contribution in [0.3, 0.4) is 0 Å². The molecule has 0 aliphatic heterocycles. The van der Waals surface area contributed by atoms with Gasteiger partial charge in [0.2, 0.25) is 0 Å². The first-order chi connectivity index (χ1) is 7.04. The van der Waals surface area contributed by atoms with Crippen LogP contribution in [0.25, 0.3) is 0 Å². The molecule has 0 aromatic heterocycles. The molecule has 1 radical (unpaired) electrons. The second-order valence-electron chi connectivity index (χ2n) is 3.75. The first-order valence-electron chi connectivity index (χ1n) is 4.94. The number of hydrogen-bond acceptors (Lipinski definition) is 2. The van der Waals surface area contributed by atoms with Crippen molar-refractivity contribution >= 4 is 15.9 Å². The Labute approximate surface area is 99.4 Å². The Bertz CT molecular complexity index is 323. The van der Waals surface area contributed by atoms with E-state index in [0.717, 1.165) is 21.7 Å². The van der Waals surface area contributed by atoms with Crippen molar-refractivity contribution in [2.45, 2.75) is 26.9 Å². The molecular formula is C12H16BrO2. The highest BCUT2D eigenvalue weighted by atomic mass is 79.9. The molecule has 2 nitrogen and oxygen atoms in total. The van der Waals surface area contributed by atoms with Gasteiger partial charge in [-0.3, -0.25) is 0 Å². The zero-order chi connectivity index (χ0) is 11.4. The SMILES string of the molecule is C[C](CO)c1cc(Br)ccc1OC(C)C. The number of hydrogen-bond donors (Lipinski definition) is 1. The van der Waals surface area contributed by atoms with Gasteiger partial charge in [0.15, 0.2) is 0 Å². The quantitative estimate of drug-likeness (QED) is 0.912. The molecule has 0 aliphatic rings. The number of halogens is 1. The van der Waals surface area contributed by atoms with Gasteiger partial charge in [0.1, 0.15) is 5.75 Å². The molecule has 15 heavy (non-hydrogen) atoms. The zero-order valence-electron chi connectivity index (χ0n) is 9.25. The molecule has 1 rings (SSSR count). The van der Waals surface area contributed by atoms with Crippen LogP contribution in [0.2, 0.25) is 0 Å². The Morgan fingerprint density at radius 3 is 2.67 bits per heavy atom. The lowest BCUT2D eigenvalue weighted by Gasteiger charge is -2.17. The summed E-state index contributed by atoms with van der Waals surface area (Å²) in [6, 6.07) is 5.81. The van der Waals surface area contributed by atoms with E-state index < -0.39 is 0 Å². The highest BCUT2D eigenvalue weighted by molar-refractivity contribution is 9.10. The number of benzene rings is 1. The van der Waals surface area contributed by atoms with Gasteiger partial charge in [-0.05, 0) is 32.0 Å². The number of rotatable bonds is 4. The topological polar surface area (TPSA) is 29.5 Å². The maximum Gasteiger partial charge on any atom is 0.123 e. The molecule has 1 aromatic carbocycles. The van der Waals surface area contributed by atoms with E-state index in [1.807, 2.05) is 39.0 Å². The molecule has 0 bridgehead atoms. The molecule has 0 amide bonds. The molecule has 0 atom stereocenters. The minimum Gasteiger partial charge on any atom is -0.491 e. The fourth-order valence-electron chi connectivity index (χ4n) is 1.28. The molecule has 0 spiro atoms. The van der Waals surface area contributed by atoms with Gasteiger partial charge < -0.3 is 9.84 Å². The lowest BCUT2D eigenvalue weighted by atomic mass is 10.0. The van der Waals surface area contributed by atoms with Crippen LogP contribution in [0, 0.1) is 5.92 Å². The van der Waals surface area contributed by atoms with Crippen LogP contribution in [-0.2, 0) is 0 Å². The minimum atomic E-state index is 0.0465. The van der Waals surface area contributed by atoms with Crippen molar-refractivity contribution < 1.29 is 9.84 Å². The van der Waals surface area contributed by atoms with E-state index in [1.165, 1.54) is 0 Å². The molecular weight excluding hydrogens is 256 g/mol. The molecule has 0 saturated heterocycles. The van der Waals surface area contributed by atoms with Crippen molar-refractivity contribution in [2.24, 2.45) is 0 Å². The van der Waals surface area contributed by atoms with E-state index in [1.54, 1.807) is 0 Å². The second-order valence-corrected chi connectivity index (χ2v) is 4.66. The van der Waals surface area contributed by atoms with Crippen molar-refractivity contribution in [2.75, 3.05) is 6.61 Å². The Hall–Kier alpha value is -0.540. The molecule has 1 aromatic rings. The summed E-state index contributed by atoms with van der Waals surface area (Å²) in [6.45, 7) is 5.92. The van der Waals surface area contributed by atoms with Gasteiger partial charge in [-0.1, -0.05) is 22.9 Å².